The van der Waals surface area contributed by atoms with Crippen LogP contribution < -0.4 is 15.4 Å². The number of benzene rings is 3. The van der Waals surface area contributed by atoms with Crippen molar-refractivity contribution in [1.29, 1.82) is 0 Å². The summed E-state index contributed by atoms with van der Waals surface area (Å²) in [4.78, 5) is 16.5. The molecule has 5 rings (SSSR count). The zero-order chi connectivity index (χ0) is 29.1. The molecule has 0 radical (unpaired) electrons. The van der Waals surface area contributed by atoms with Gasteiger partial charge in [-0.05, 0) is 78.4 Å². The third-order valence-electron chi connectivity index (χ3n) is 6.05. The smallest absolute Gasteiger partial charge is 0.417 e. The number of nitrogens with one attached hydrogen (secondary N) is 2. The molecule has 12 heteroatoms. The highest BCUT2D eigenvalue weighted by molar-refractivity contribution is 6.32. The van der Waals surface area contributed by atoms with E-state index in [0.29, 0.717) is 27.8 Å². The van der Waals surface area contributed by atoms with Gasteiger partial charge in [-0.25, -0.2) is 9.48 Å². The zero-order valence-electron chi connectivity index (χ0n) is 21.2. The summed E-state index contributed by atoms with van der Waals surface area (Å²) in [6.07, 6.45) is 0.606. The van der Waals surface area contributed by atoms with E-state index in [0.717, 1.165) is 28.8 Å². The van der Waals surface area contributed by atoms with Crippen LogP contribution in [0.2, 0.25) is 10.0 Å². The summed E-state index contributed by atoms with van der Waals surface area (Å²) in [5.74, 6) is 0.546. The van der Waals surface area contributed by atoms with Crippen LogP contribution in [0, 0.1) is 0 Å². The van der Waals surface area contributed by atoms with Gasteiger partial charge in [-0.1, -0.05) is 23.2 Å². The summed E-state index contributed by atoms with van der Waals surface area (Å²) in [6.45, 7) is 0. The number of rotatable bonds is 6. The fraction of sp³-hybridized carbons (Fsp3) is 0.0690. The molecule has 0 aliphatic rings. The van der Waals surface area contributed by atoms with E-state index in [1.54, 1.807) is 60.6 Å². The number of pyridine rings is 1. The second kappa shape index (κ2) is 11.5. The first-order valence-electron chi connectivity index (χ1n) is 12.0. The molecule has 0 saturated heterocycles. The fourth-order valence-corrected chi connectivity index (χ4v) is 4.57. The van der Waals surface area contributed by atoms with Gasteiger partial charge in [0, 0.05) is 41.1 Å². The number of amides is 2. The van der Waals surface area contributed by atoms with Crippen LogP contribution in [0.4, 0.5) is 29.3 Å². The van der Waals surface area contributed by atoms with Crippen LogP contribution in [0.25, 0.3) is 28.1 Å². The maximum absolute atomic E-state index is 13.1. The van der Waals surface area contributed by atoms with Crippen LogP contribution >= 0.6 is 23.2 Å². The first-order chi connectivity index (χ1) is 19.6. The molecule has 2 aromatic heterocycles. The van der Waals surface area contributed by atoms with Crippen LogP contribution in [0.5, 0.6) is 5.75 Å². The highest BCUT2D eigenvalue weighted by Gasteiger charge is 2.33. The van der Waals surface area contributed by atoms with E-state index in [1.165, 1.54) is 6.07 Å². The first kappa shape index (κ1) is 28.0. The van der Waals surface area contributed by atoms with Gasteiger partial charge in [0.1, 0.15) is 11.4 Å². The molecular formula is C29H20Cl2F3N5O2. The number of halogens is 5. The number of ether oxygens (including phenoxy) is 1. The van der Waals surface area contributed by atoms with Crippen molar-refractivity contribution in [2.75, 3.05) is 17.7 Å². The van der Waals surface area contributed by atoms with Crippen molar-refractivity contribution in [1.82, 2.24) is 14.8 Å². The van der Waals surface area contributed by atoms with Crippen molar-refractivity contribution in [3.05, 3.63) is 107 Å². The minimum Gasteiger partial charge on any atom is -0.495 e. The van der Waals surface area contributed by atoms with Crippen LogP contribution in [0.15, 0.2) is 91.4 Å². The van der Waals surface area contributed by atoms with Gasteiger partial charge < -0.3 is 15.4 Å². The van der Waals surface area contributed by atoms with Gasteiger partial charge >= 0.3 is 12.2 Å². The minimum absolute atomic E-state index is 0.0535. The van der Waals surface area contributed by atoms with Gasteiger partial charge in [-0.2, -0.15) is 18.3 Å². The first-order valence-corrected chi connectivity index (χ1v) is 12.8. The molecule has 5 aromatic rings. The number of carbonyl (C=O) groups is 1. The number of hydrogen-bond acceptors (Lipinski definition) is 4. The number of urea groups is 1. The summed E-state index contributed by atoms with van der Waals surface area (Å²) < 4.78 is 46.3. The molecular weight excluding hydrogens is 578 g/mol. The summed E-state index contributed by atoms with van der Waals surface area (Å²) in [7, 11) is 1.54. The molecule has 2 amide bonds. The Morgan fingerprint density at radius 1 is 0.854 bits per heavy atom. The second-order valence-electron chi connectivity index (χ2n) is 8.74. The average molecular weight is 598 g/mol. The summed E-state index contributed by atoms with van der Waals surface area (Å²) in [5.41, 5.74) is 3.24. The summed E-state index contributed by atoms with van der Waals surface area (Å²) in [5, 5.41) is 9.78. The van der Waals surface area contributed by atoms with E-state index in [-0.39, 0.29) is 5.69 Å². The van der Waals surface area contributed by atoms with Gasteiger partial charge in [0.25, 0.3) is 0 Å². The minimum atomic E-state index is -4.65. The molecule has 0 aliphatic heterocycles. The Labute approximate surface area is 242 Å². The molecule has 0 bridgehead atoms. The fourth-order valence-electron chi connectivity index (χ4n) is 4.09. The Kier molecular flexibility index (Phi) is 7.87. The van der Waals surface area contributed by atoms with E-state index in [9.17, 15) is 18.0 Å². The van der Waals surface area contributed by atoms with E-state index in [2.05, 4.69) is 15.6 Å². The quantitative estimate of drug-likeness (QED) is 0.205. The Morgan fingerprint density at radius 2 is 1.54 bits per heavy atom. The zero-order valence-corrected chi connectivity index (χ0v) is 22.7. The molecule has 7 nitrogen and oxygen atoms in total. The Hall–Kier alpha value is -4.54. The molecule has 41 heavy (non-hydrogen) atoms. The van der Waals surface area contributed by atoms with Crippen LogP contribution in [-0.2, 0) is 6.18 Å². The van der Waals surface area contributed by atoms with Crippen LogP contribution in [0.1, 0.15) is 5.56 Å². The Morgan fingerprint density at radius 3 is 2.20 bits per heavy atom. The van der Waals surface area contributed by atoms with Crippen molar-refractivity contribution < 1.29 is 22.7 Å². The van der Waals surface area contributed by atoms with E-state index in [1.807, 2.05) is 24.4 Å². The van der Waals surface area contributed by atoms with Crippen molar-refractivity contribution in [2.45, 2.75) is 6.18 Å². The lowest BCUT2D eigenvalue weighted by molar-refractivity contribution is -0.137. The molecule has 0 unspecified atom stereocenters. The molecule has 0 atom stereocenters. The molecule has 3 aromatic carbocycles. The van der Waals surface area contributed by atoms with Crippen LogP contribution in [-0.4, -0.2) is 27.9 Å². The predicted octanol–water partition coefficient (Wildman–Crippen LogP) is 8.58. The van der Waals surface area contributed by atoms with Crippen molar-refractivity contribution >= 4 is 40.6 Å². The maximum Gasteiger partial charge on any atom is 0.417 e. The molecule has 2 heterocycles. The highest BCUT2D eigenvalue weighted by Crippen LogP contribution is 2.37. The monoisotopic (exact) mass is 597 g/mol. The molecule has 0 spiro atoms. The van der Waals surface area contributed by atoms with Crippen molar-refractivity contribution in [2.24, 2.45) is 0 Å². The second-order valence-corrected chi connectivity index (χ2v) is 9.55. The average Bonchev–Trinajstić information content (AvgIpc) is 3.40. The molecule has 0 saturated carbocycles. The summed E-state index contributed by atoms with van der Waals surface area (Å²) in [6, 6.07) is 18.4. The Bertz CT molecular complexity index is 1710. The standard InChI is InChI=1S/C29H20Cl2F3N5O2/c1-41-26-9-2-18(14-25(26)31)27-22(17-10-12-35-13-11-17)16-39(38-27)21-6-3-19(4-7-21)36-28(40)37-20-5-8-24(30)23(15-20)29(32,33)34/h2-16H,1H3,(H2,36,37,40). The number of methoxy groups -OCH3 is 1. The number of anilines is 2. The van der Waals surface area contributed by atoms with Gasteiger partial charge in [0.05, 0.1) is 28.4 Å². The van der Waals surface area contributed by atoms with Gasteiger partial charge in [0.2, 0.25) is 0 Å². The van der Waals surface area contributed by atoms with E-state index >= 15 is 0 Å². The van der Waals surface area contributed by atoms with Gasteiger partial charge in [0.15, 0.2) is 0 Å². The van der Waals surface area contributed by atoms with E-state index in [4.69, 9.17) is 33.0 Å². The number of aromatic nitrogens is 3. The van der Waals surface area contributed by atoms with Crippen molar-refractivity contribution in [3.8, 4) is 33.8 Å². The van der Waals surface area contributed by atoms with Crippen LogP contribution in [0.3, 0.4) is 0 Å². The number of carbonyl (C=O) groups excluding carboxylic acids is 1. The lowest BCUT2D eigenvalue weighted by atomic mass is 10.0. The van der Waals surface area contributed by atoms with E-state index < -0.39 is 22.8 Å². The van der Waals surface area contributed by atoms with Crippen molar-refractivity contribution in [3.63, 3.8) is 0 Å². The lowest BCUT2D eigenvalue weighted by Gasteiger charge is -2.12. The third-order valence-corrected chi connectivity index (χ3v) is 6.68. The third kappa shape index (κ3) is 6.29. The normalized spacial score (nSPS) is 11.3. The Balaban J connectivity index is 1.38. The van der Waals surface area contributed by atoms with Gasteiger partial charge in [-0.3, -0.25) is 4.98 Å². The predicted molar refractivity (Wildman–Crippen MR) is 153 cm³/mol. The molecule has 2 N–H and O–H groups in total. The SMILES string of the molecule is COc1ccc(-c2nn(-c3ccc(NC(=O)Nc4ccc(Cl)c(C(F)(F)F)c4)cc3)cc2-c2ccncc2)cc1Cl. The maximum atomic E-state index is 13.1. The lowest BCUT2D eigenvalue weighted by Crippen LogP contribution is -2.20. The number of hydrogen-bond donors (Lipinski definition) is 2. The number of alkyl halides is 3. The largest absolute Gasteiger partial charge is 0.495 e. The highest BCUT2D eigenvalue weighted by atomic mass is 35.5. The molecule has 0 fully saturated rings. The topological polar surface area (TPSA) is 81.1 Å². The molecule has 0 aliphatic carbocycles. The van der Waals surface area contributed by atoms with Gasteiger partial charge in [-0.15, -0.1) is 0 Å². The summed E-state index contributed by atoms with van der Waals surface area (Å²) >= 11 is 12.0. The molecule has 208 valence electrons. The number of nitrogens with zero attached hydrogens (tertiary/aromatic N) is 3.